The van der Waals surface area contributed by atoms with Crippen LogP contribution in [0.5, 0.6) is 5.75 Å². The zero-order valence-electron chi connectivity index (χ0n) is 16.6. The van der Waals surface area contributed by atoms with E-state index < -0.39 is 40.5 Å². The average Bonchev–Trinajstić information content (AvgIpc) is 2.60. The van der Waals surface area contributed by atoms with Crippen LogP contribution in [0, 0.1) is 10.1 Å². The van der Waals surface area contributed by atoms with Gasteiger partial charge in [0.2, 0.25) is 10.0 Å². The minimum absolute atomic E-state index is 0.0164. The quantitative estimate of drug-likeness (QED) is 0.383. The maximum absolute atomic E-state index is 12.6. The monoisotopic (exact) mass is 442 g/mol. The second-order valence-electron chi connectivity index (χ2n) is 7.49. The summed E-state index contributed by atoms with van der Waals surface area (Å²) in [5.74, 6) is -0.0164. The van der Waals surface area contributed by atoms with E-state index in [1.807, 2.05) is 20.8 Å². The highest BCUT2D eigenvalue weighted by Gasteiger charge is 2.31. The summed E-state index contributed by atoms with van der Waals surface area (Å²) in [5.41, 5.74) is -0.0880. The maximum Gasteiger partial charge on any atom is 0.346 e. The van der Waals surface area contributed by atoms with E-state index in [4.69, 9.17) is 4.18 Å². The molecule has 2 rings (SSSR count). The maximum atomic E-state index is 12.6. The van der Waals surface area contributed by atoms with Crippen LogP contribution in [0.2, 0.25) is 0 Å². The van der Waals surface area contributed by atoms with Crippen molar-refractivity contribution in [2.75, 3.05) is 14.1 Å². The number of nitro groups is 1. The first-order valence-electron chi connectivity index (χ1n) is 8.42. The molecule has 0 saturated heterocycles. The van der Waals surface area contributed by atoms with E-state index in [2.05, 4.69) is 0 Å². The van der Waals surface area contributed by atoms with Gasteiger partial charge in [-0.05, 0) is 35.2 Å². The Labute approximate surface area is 170 Å². The van der Waals surface area contributed by atoms with E-state index in [0.29, 0.717) is 6.07 Å². The first-order chi connectivity index (χ1) is 13.2. The normalized spacial score (nSPS) is 12.8. The predicted molar refractivity (Wildman–Crippen MR) is 107 cm³/mol. The van der Waals surface area contributed by atoms with Gasteiger partial charge in [0.05, 0.1) is 9.82 Å². The second kappa shape index (κ2) is 7.73. The zero-order valence-corrected chi connectivity index (χ0v) is 18.2. The molecule has 0 N–H and O–H groups in total. The lowest BCUT2D eigenvalue weighted by molar-refractivity contribution is -0.388. The molecule has 158 valence electrons. The molecule has 0 aliphatic carbocycles. The van der Waals surface area contributed by atoms with Crippen LogP contribution in [0.25, 0.3) is 0 Å². The van der Waals surface area contributed by atoms with Crippen molar-refractivity contribution in [3.63, 3.8) is 0 Å². The summed E-state index contributed by atoms with van der Waals surface area (Å²) >= 11 is 0. The third-order valence-electron chi connectivity index (χ3n) is 4.10. The van der Waals surface area contributed by atoms with Gasteiger partial charge in [-0.3, -0.25) is 10.1 Å². The molecule has 0 heterocycles. The number of sulfonamides is 1. The number of nitrogens with zero attached hydrogens (tertiary/aromatic N) is 2. The molecule has 0 aliphatic rings. The minimum Gasteiger partial charge on any atom is -0.379 e. The summed E-state index contributed by atoms with van der Waals surface area (Å²) in [7, 11) is -6.03. The Hall–Kier alpha value is -2.50. The molecule has 0 radical (unpaired) electrons. The van der Waals surface area contributed by atoms with Gasteiger partial charge in [0.1, 0.15) is 5.75 Å². The van der Waals surface area contributed by atoms with Gasteiger partial charge < -0.3 is 4.18 Å². The van der Waals surface area contributed by atoms with Crippen LogP contribution in [0.4, 0.5) is 5.69 Å². The molecule has 0 bridgehead atoms. The third kappa shape index (κ3) is 4.92. The van der Waals surface area contributed by atoms with Gasteiger partial charge >= 0.3 is 10.1 Å². The van der Waals surface area contributed by atoms with Crippen molar-refractivity contribution in [2.45, 2.75) is 36.0 Å². The minimum atomic E-state index is -4.57. The van der Waals surface area contributed by atoms with Crippen molar-refractivity contribution >= 4 is 25.8 Å². The summed E-state index contributed by atoms with van der Waals surface area (Å²) in [5, 5.41) is 11.4. The van der Waals surface area contributed by atoms with Crippen molar-refractivity contribution in [3.8, 4) is 5.75 Å². The molecule has 0 aliphatic heterocycles. The SMILES string of the molecule is CN(C)S(=O)(=O)c1ccc(S(=O)(=O)Oc2ccc(C(C)(C)C)cc2)c([N+](=O)[O-])c1. The van der Waals surface area contributed by atoms with Crippen molar-refractivity contribution in [1.29, 1.82) is 0 Å². The van der Waals surface area contributed by atoms with Crippen LogP contribution in [0.15, 0.2) is 52.3 Å². The largest absolute Gasteiger partial charge is 0.379 e. The lowest BCUT2D eigenvalue weighted by Gasteiger charge is -2.19. The van der Waals surface area contributed by atoms with Crippen LogP contribution in [0.1, 0.15) is 26.3 Å². The average molecular weight is 443 g/mol. The van der Waals surface area contributed by atoms with Gasteiger partial charge in [-0.2, -0.15) is 8.42 Å². The molecule has 29 heavy (non-hydrogen) atoms. The number of nitro benzene ring substituents is 1. The first-order valence-corrected chi connectivity index (χ1v) is 11.3. The fourth-order valence-electron chi connectivity index (χ4n) is 2.40. The summed E-state index contributed by atoms with van der Waals surface area (Å²) in [6.45, 7) is 5.98. The van der Waals surface area contributed by atoms with E-state index in [0.717, 1.165) is 22.0 Å². The van der Waals surface area contributed by atoms with Crippen LogP contribution >= 0.6 is 0 Å². The van der Waals surface area contributed by atoms with E-state index >= 15 is 0 Å². The number of hydrogen-bond donors (Lipinski definition) is 0. The summed E-state index contributed by atoms with van der Waals surface area (Å²) < 4.78 is 55.5. The molecule has 0 unspecified atom stereocenters. The Kier molecular flexibility index (Phi) is 6.07. The Morgan fingerprint density at radius 2 is 1.52 bits per heavy atom. The first kappa shape index (κ1) is 22.8. The van der Waals surface area contributed by atoms with Crippen LogP contribution < -0.4 is 4.18 Å². The van der Waals surface area contributed by atoms with E-state index in [-0.39, 0.29) is 11.2 Å². The fraction of sp³-hybridized carbons (Fsp3) is 0.333. The standard InChI is InChI=1S/C18H22N2O7S2/c1-18(2,3)13-6-8-14(9-7-13)27-29(25,26)17-11-10-15(12-16(17)20(21)22)28(23,24)19(4)5/h6-12H,1-5H3. The number of benzene rings is 2. The van der Waals surface area contributed by atoms with Crippen molar-refractivity contribution in [2.24, 2.45) is 0 Å². The molecule has 0 atom stereocenters. The lowest BCUT2D eigenvalue weighted by Crippen LogP contribution is -2.22. The number of hydrogen-bond acceptors (Lipinski definition) is 7. The highest BCUT2D eigenvalue weighted by Crippen LogP contribution is 2.31. The molecule has 2 aromatic rings. The number of rotatable bonds is 6. The van der Waals surface area contributed by atoms with E-state index in [9.17, 15) is 26.9 Å². The Bertz CT molecular complexity index is 1130. The van der Waals surface area contributed by atoms with Gasteiger partial charge in [-0.15, -0.1) is 0 Å². The second-order valence-corrected chi connectivity index (χ2v) is 11.2. The van der Waals surface area contributed by atoms with Gasteiger partial charge in [0.25, 0.3) is 5.69 Å². The lowest BCUT2D eigenvalue weighted by atomic mass is 9.87. The molecule has 2 aromatic carbocycles. The summed E-state index contributed by atoms with van der Waals surface area (Å²) in [6.07, 6.45) is 0. The topological polar surface area (TPSA) is 124 Å². The molecular weight excluding hydrogens is 420 g/mol. The van der Waals surface area contributed by atoms with E-state index in [1.165, 1.54) is 26.2 Å². The highest BCUT2D eigenvalue weighted by molar-refractivity contribution is 7.89. The van der Waals surface area contributed by atoms with E-state index in [1.54, 1.807) is 12.1 Å². The molecule has 9 nitrogen and oxygen atoms in total. The van der Waals surface area contributed by atoms with Gasteiger partial charge in [-0.1, -0.05) is 32.9 Å². The molecule has 0 aromatic heterocycles. The van der Waals surface area contributed by atoms with Crippen LogP contribution in [0.3, 0.4) is 0 Å². The zero-order chi connectivity index (χ0) is 22.2. The fourth-order valence-corrected chi connectivity index (χ4v) is 4.41. The smallest absolute Gasteiger partial charge is 0.346 e. The Morgan fingerprint density at radius 3 is 1.97 bits per heavy atom. The predicted octanol–water partition coefficient (Wildman–Crippen LogP) is 2.91. The van der Waals surface area contributed by atoms with Crippen LogP contribution in [-0.4, -0.2) is 40.2 Å². The molecule has 11 heteroatoms. The van der Waals surface area contributed by atoms with Crippen molar-refractivity contribution in [1.82, 2.24) is 4.31 Å². The van der Waals surface area contributed by atoms with Gasteiger partial charge in [0, 0.05) is 20.2 Å². The van der Waals surface area contributed by atoms with Gasteiger partial charge in [-0.25, -0.2) is 12.7 Å². The van der Waals surface area contributed by atoms with Gasteiger partial charge in [0.15, 0.2) is 4.90 Å². The Morgan fingerprint density at radius 1 is 0.966 bits per heavy atom. The molecule has 0 amide bonds. The molecular formula is C18H22N2O7S2. The summed E-state index contributed by atoms with van der Waals surface area (Å²) in [6, 6.07) is 8.85. The Balaban J connectivity index is 2.48. The summed E-state index contributed by atoms with van der Waals surface area (Å²) in [4.78, 5) is 9.30. The third-order valence-corrected chi connectivity index (χ3v) is 7.21. The van der Waals surface area contributed by atoms with Crippen LogP contribution in [-0.2, 0) is 25.6 Å². The molecule has 0 spiro atoms. The molecule has 0 fully saturated rings. The highest BCUT2D eigenvalue weighted by atomic mass is 32.2. The van der Waals surface area contributed by atoms with Crippen molar-refractivity contribution < 1.29 is 25.9 Å². The molecule has 0 saturated carbocycles. The van der Waals surface area contributed by atoms with Crippen molar-refractivity contribution in [3.05, 3.63) is 58.1 Å².